The van der Waals surface area contributed by atoms with Crippen molar-refractivity contribution in [2.75, 3.05) is 13.1 Å². The first kappa shape index (κ1) is 14.1. The number of hydrogen-bond donors (Lipinski definition) is 1. The summed E-state index contributed by atoms with van der Waals surface area (Å²) < 4.78 is 0. The monoisotopic (exact) mass is 278 g/mol. The smallest absolute Gasteiger partial charge is 0.146 e. The van der Waals surface area contributed by atoms with Gasteiger partial charge in [0.05, 0.1) is 5.02 Å². The van der Waals surface area contributed by atoms with Gasteiger partial charge in [0.15, 0.2) is 0 Å². The Morgan fingerprint density at radius 2 is 2.16 bits per heavy atom. The van der Waals surface area contributed by atoms with E-state index in [4.69, 9.17) is 11.6 Å². The molecule has 2 aromatic rings. The van der Waals surface area contributed by atoms with Gasteiger partial charge in [0, 0.05) is 23.7 Å². The highest BCUT2D eigenvalue weighted by Crippen LogP contribution is 2.33. The van der Waals surface area contributed by atoms with Gasteiger partial charge in [0.2, 0.25) is 0 Å². The minimum Gasteiger partial charge on any atom is -0.505 e. The zero-order valence-electron chi connectivity index (χ0n) is 11.4. The Hall–Kier alpha value is -1.32. The first-order valence-corrected chi connectivity index (χ1v) is 7.02. The summed E-state index contributed by atoms with van der Waals surface area (Å²) in [6.45, 7) is 6.92. The molecule has 0 aliphatic rings. The molecule has 0 radical (unpaired) electrons. The maximum absolute atomic E-state index is 10.3. The van der Waals surface area contributed by atoms with Gasteiger partial charge in [-0.2, -0.15) is 0 Å². The van der Waals surface area contributed by atoms with E-state index in [1.165, 1.54) is 0 Å². The van der Waals surface area contributed by atoms with Crippen molar-refractivity contribution < 1.29 is 5.11 Å². The second kappa shape index (κ2) is 6.22. The minimum atomic E-state index is 0.245. The summed E-state index contributed by atoms with van der Waals surface area (Å²) in [5, 5.41) is 11.8. The van der Waals surface area contributed by atoms with Crippen LogP contribution >= 0.6 is 11.6 Å². The molecule has 0 saturated carbocycles. The summed E-state index contributed by atoms with van der Waals surface area (Å²) in [5.74, 6) is 0.245. The van der Waals surface area contributed by atoms with E-state index in [0.29, 0.717) is 17.1 Å². The maximum Gasteiger partial charge on any atom is 0.146 e. The van der Waals surface area contributed by atoms with Gasteiger partial charge in [-0.05, 0) is 37.7 Å². The molecule has 19 heavy (non-hydrogen) atoms. The molecule has 0 saturated heterocycles. The lowest BCUT2D eigenvalue weighted by Gasteiger charge is -2.20. The molecule has 0 aliphatic carbocycles. The van der Waals surface area contributed by atoms with Crippen LogP contribution in [0, 0.1) is 0 Å². The number of fused-ring (bicyclic) bond motifs is 1. The molecule has 0 aliphatic heterocycles. The van der Waals surface area contributed by atoms with Crippen LogP contribution in [0.2, 0.25) is 5.02 Å². The molecule has 0 unspecified atom stereocenters. The quantitative estimate of drug-likeness (QED) is 0.903. The van der Waals surface area contributed by atoms with Gasteiger partial charge in [-0.15, -0.1) is 0 Å². The highest BCUT2D eigenvalue weighted by Gasteiger charge is 2.13. The molecule has 1 aromatic carbocycles. The van der Waals surface area contributed by atoms with Crippen LogP contribution in [0.25, 0.3) is 10.9 Å². The van der Waals surface area contributed by atoms with Crippen LogP contribution in [-0.4, -0.2) is 28.1 Å². The molecular formula is C15H19ClN2O. The van der Waals surface area contributed by atoms with Crippen LogP contribution in [0.1, 0.15) is 25.8 Å². The standard InChI is InChI=1S/C15H19ClN2O/c1-3-8-18(4-2)10-11-9-13(16)12-6-5-7-17-14(12)15(11)19/h5-7,9,19H,3-4,8,10H2,1-2H3. The normalized spacial score (nSPS) is 11.4. The number of hydrogen-bond acceptors (Lipinski definition) is 3. The summed E-state index contributed by atoms with van der Waals surface area (Å²) in [5.41, 5.74) is 1.42. The van der Waals surface area contributed by atoms with Gasteiger partial charge >= 0.3 is 0 Å². The van der Waals surface area contributed by atoms with Crippen molar-refractivity contribution >= 4 is 22.5 Å². The Balaban J connectivity index is 2.41. The van der Waals surface area contributed by atoms with E-state index in [0.717, 1.165) is 30.5 Å². The lowest BCUT2D eigenvalue weighted by Crippen LogP contribution is -2.23. The third-order valence-electron chi connectivity index (χ3n) is 3.28. The molecule has 102 valence electrons. The third kappa shape index (κ3) is 2.99. The van der Waals surface area contributed by atoms with Gasteiger partial charge in [-0.1, -0.05) is 25.4 Å². The average Bonchev–Trinajstić information content (AvgIpc) is 2.44. The van der Waals surface area contributed by atoms with Crippen LogP contribution < -0.4 is 0 Å². The minimum absolute atomic E-state index is 0.245. The summed E-state index contributed by atoms with van der Waals surface area (Å²) >= 11 is 6.27. The molecular weight excluding hydrogens is 260 g/mol. The van der Waals surface area contributed by atoms with Gasteiger partial charge in [0.25, 0.3) is 0 Å². The molecule has 1 N–H and O–H groups in total. The Morgan fingerprint density at radius 1 is 1.37 bits per heavy atom. The Kier molecular flexibility index (Phi) is 4.61. The first-order valence-electron chi connectivity index (χ1n) is 6.64. The molecule has 1 heterocycles. The molecule has 3 nitrogen and oxygen atoms in total. The van der Waals surface area contributed by atoms with Gasteiger partial charge in [0.1, 0.15) is 11.3 Å². The number of rotatable bonds is 5. The van der Waals surface area contributed by atoms with Crippen molar-refractivity contribution in [3.63, 3.8) is 0 Å². The van der Waals surface area contributed by atoms with Gasteiger partial charge in [-0.25, -0.2) is 0 Å². The second-order valence-corrected chi connectivity index (χ2v) is 5.04. The molecule has 1 aromatic heterocycles. The summed E-state index contributed by atoms with van der Waals surface area (Å²) in [4.78, 5) is 6.51. The SMILES string of the molecule is CCCN(CC)Cc1cc(Cl)c2cccnc2c1O. The fourth-order valence-corrected chi connectivity index (χ4v) is 2.55. The summed E-state index contributed by atoms with van der Waals surface area (Å²) in [6.07, 6.45) is 2.76. The lowest BCUT2D eigenvalue weighted by atomic mass is 10.1. The lowest BCUT2D eigenvalue weighted by molar-refractivity contribution is 0.276. The predicted octanol–water partition coefficient (Wildman–Crippen LogP) is 3.83. The van der Waals surface area contributed by atoms with Crippen molar-refractivity contribution in [1.82, 2.24) is 9.88 Å². The van der Waals surface area contributed by atoms with E-state index in [1.807, 2.05) is 18.2 Å². The Bertz CT molecular complexity index is 571. The molecule has 0 atom stereocenters. The molecule has 0 fully saturated rings. The van der Waals surface area contributed by atoms with Crippen molar-refractivity contribution in [3.8, 4) is 5.75 Å². The Labute approximate surface area is 118 Å². The number of aromatic nitrogens is 1. The van der Waals surface area contributed by atoms with Crippen LogP contribution in [-0.2, 0) is 6.54 Å². The fourth-order valence-electron chi connectivity index (χ4n) is 2.26. The van der Waals surface area contributed by atoms with Gasteiger partial charge < -0.3 is 5.11 Å². The van der Waals surface area contributed by atoms with Crippen molar-refractivity contribution in [1.29, 1.82) is 0 Å². The number of nitrogens with zero attached hydrogens (tertiary/aromatic N) is 2. The third-order valence-corrected chi connectivity index (χ3v) is 3.59. The number of pyridine rings is 1. The molecule has 0 bridgehead atoms. The zero-order chi connectivity index (χ0) is 13.8. The van der Waals surface area contributed by atoms with Gasteiger partial charge in [-0.3, -0.25) is 9.88 Å². The molecule has 2 rings (SSSR count). The van der Waals surface area contributed by atoms with E-state index in [1.54, 1.807) is 6.20 Å². The zero-order valence-corrected chi connectivity index (χ0v) is 12.1. The highest BCUT2D eigenvalue weighted by atomic mass is 35.5. The van der Waals surface area contributed by atoms with Crippen molar-refractivity contribution in [2.45, 2.75) is 26.8 Å². The van der Waals surface area contributed by atoms with E-state index in [2.05, 4.69) is 23.7 Å². The van der Waals surface area contributed by atoms with Crippen LogP contribution in [0.4, 0.5) is 0 Å². The predicted molar refractivity (Wildman–Crippen MR) is 79.7 cm³/mol. The van der Waals surface area contributed by atoms with E-state index in [-0.39, 0.29) is 5.75 Å². The Morgan fingerprint density at radius 3 is 2.84 bits per heavy atom. The topological polar surface area (TPSA) is 36.4 Å². The highest BCUT2D eigenvalue weighted by molar-refractivity contribution is 6.35. The van der Waals surface area contributed by atoms with Crippen LogP contribution in [0.5, 0.6) is 5.75 Å². The molecule has 4 heteroatoms. The average molecular weight is 279 g/mol. The number of benzene rings is 1. The number of aromatic hydroxyl groups is 1. The van der Waals surface area contributed by atoms with Crippen molar-refractivity contribution in [2.24, 2.45) is 0 Å². The first-order chi connectivity index (χ1) is 9.17. The van der Waals surface area contributed by atoms with E-state index in [9.17, 15) is 5.11 Å². The van der Waals surface area contributed by atoms with Crippen LogP contribution in [0.15, 0.2) is 24.4 Å². The van der Waals surface area contributed by atoms with Crippen molar-refractivity contribution in [3.05, 3.63) is 35.0 Å². The number of phenols is 1. The summed E-state index contributed by atoms with van der Waals surface area (Å²) in [7, 11) is 0. The van der Waals surface area contributed by atoms with Crippen LogP contribution in [0.3, 0.4) is 0 Å². The largest absolute Gasteiger partial charge is 0.505 e. The summed E-state index contributed by atoms with van der Waals surface area (Å²) in [6, 6.07) is 5.54. The maximum atomic E-state index is 10.3. The fraction of sp³-hybridized carbons (Fsp3) is 0.400. The number of phenolic OH excluding ortho intramolecular Hbond substituents is 1. The second-order valence-electron chi connectivity index (χ2n) is 4.63. The number of halogens is 1. The van der Waals surface area contributed by atoms with E-state index < -0.39 is 0 Å². The van der Waals surface area contributed by atoms with E-state index >= 15 is 0 Å². The molecule has 0 spiro atoms. The molecule has 0 amide bonds.